The number of fused-ring (bicyclic) bond motifs is 1. The molecular weight excluding hydrogens is 216 g/mol. The molecule has 17 heavy (non-hydrogen) atoms. The summed E-state index contributed by atoms with van der Waals surface area (Å²) in [6, 6.07) is 7.77. The van der Waals surface area contributed by atoms with Crippen LogP contribution in [0.15, 0.2) is 30.5 Å². The average Bonchev–Trinajstić information content (AvgIpc) is 2.83. The van der Waals surface area contributed by atoms with Crippen molar-refractivity contribution in [2.75, 3.05) is 11.4 Å². The van der Waals surface area contributed by atoms with E-state index in [-0.39, 0.29) is 24.7 Å². The molecule has 0 atom stereocenters. The average molecular weight is 228 g/mol. The Balaban J connectivity index is 2.17. The van der Waals surface area contributed by atoms with Crippen molar-refractivity contribution in [2.24, 2.45) is 7.05 Å². The van der Waals surface area contributed by atoms with Crippen molar-refractivity contribution >= 4 is 28.3 Å². The second-order valence-electron chi connectivity index (χ2n) is 4.33. The summed E-state index contributed by atoms with van der Waals surface area (Å²) in [5, 5.41) is 1.01. The van der Waals surface area contributed by atoms with Gasteiger partial charge >= 0.3 is 0 Å². The number of nitrogens with zero attached hydrogens (tertiary/aromatic N) is 2. The first-order valence-corrected chi connectivity index (χ1v) is 5.53. The van der Waals surface area contributed by atoms with E-state index in [1.165, 1.54) is 0 Å². The van der Waals surface area contributed by atoms with Gasteiger partial charge in [-0.25, -0.2) is 0 Å². The molecule has 2 aromatic rings. The van der Waals surface area contributed by atoms with E-state index < -0.39 is 0 Å². The zero-order valence-electron chi connectivity index (χ0n) is 9.51. The van der Waals surface area contributed by atoms with Crippen LogP contribution in [0.4, 0.5) is 5.69 Å². The molecule has 0 N–H and O–H groups in total. The highest BCUT2D eigenvalue weighted by Crippen LogP contribution is 2.29. The van der Waals surface area contributed by atoms with Crippen molar-refractivity contribution in [1.82, 2.24) is 4.57 Å². The fourth-order valence-corrected chi connectivity index (χ4v) is 2.33. The highest BCUT2D eigenvalue weighted by atomic mass is 16.2. The number of hydrogen-bond acceptors (Lipinski definition) is 2. The minimum Gasteiger partial charge on any atom is -0.350 e. The summed E-state index contributed by atoms with van der Waals surface area (Å²) in [5.41, 5.74) is 1.90. The quantitative estimate of drug-likeness (QED) is 0.694. The van der Waals surface area contributed by atoms with E-state index in [1.807, 2.05) is 42.1 Å². The summed E-state index contributed by atoms with van der Waals surface area (Å²) >= 11 is 0. The van der Waals surface area contributed by atoms with E-state index in [1.54, 1.807) is 4.90 Å². The van der Waals surface area contributed by atoms with Crippen LogP contribution in [0.25, 0.3) is 10.9 Å². The van der Waals surface area contributed by atoms with Gasteiger partial charge in [-0.05, 0) is 18.2 Å². The van der Waals surface area contributed by atoms with Gasteiger partial charge < -0.3 is 9.47 Å². The van der Waals surface area contributed by atoms with Gasteiger partial charge in [-0.2, -0.15) is 0 Å². The number of rotatable bonds is 1. The van der Waals surface area contributed by atoms with E-state index in [4.69, 9.17) is 0 Å². The summed E-state index contributed by atoms with van der Waals surface area (Å²) in [6.07, 6.45) is 1.99. The Morgan fingerprint density at radius 1 is 1.18 bits per heavy atom. The normalized spacial score (nSPS) is 16.2. The number of aryl methyl sites for hydroxylation is 1. The van der Waals surface area contributed by atoms with Crippen LogP contribution >= 0.6 is 0 Å². The van der Waals surface area contributed by atoms with Gasteiger partial charge in [0.15, 0.2) is 5.78 Å². The van der Waals surface area contributed by atoms with Gasteiger partial charge in [-0.3, -0.25) is 9.59 Å². The topological polar surface area (TPSA) is 42.3 Å². The molecular formula is C13H12N2O2. The van der Waals surface area contributed by atoms with Crippen molar-refractivity contribution in [3.05, 3.63) is 30.5 Å². The SMILES string of the molecule is Cn1ccc2c(N3CC(=O)CC3=O)cccc21. The number of benzene rings is 1. The maximum atomic E-state index is 11.7. The molecule has 0 aliphatic carbocycles. The summed E-state index contributed by atoms with van der Waals surface area (Å²) in [4.78, 5) is 24.6. The van der Waals surface area contributed by atoms with Gasteiger partial charge in [0, 0.05) is 24.1 Å². The molecule has 0 radical (unpaired) electrons. The highest BCUT2D eigenvalue weighted by Gasteiger charge is 2.29. The molecule has 1 saturated heterocycles. The highest BCUT2D eigenvalue weighted by molar-refractivity contribution is 6.17. The van der Waals surface area contributed by atoms with E-state index in [2.05, 4.69) is 0 Å². The van der Waals surface area contributed by atoms with E-state index in [9.17, 15) is 9.59 Å². The Labute approximate surface area is 98.4 Å². The number of ketones is 1. The van der Waals surface area contributed by atoms with Crippen molar-refractivity contribution in [3.8, 4) is 0 Å². The van der Waals surface area contributed by atoms with Crippen molar-refractivity contribution in [1.29, 1.82) is 0 Å². The zero-order chi connectivity index (χ0) is 12.0. The Kier molecular flexibility index (Phi) is 2.04. The summed E-state index contributed by atoms with van der Waals surface area (Å²) in [6.45, 7) is 0.201. The molecule has 86 valence electrons. The molecule has 1 aliphatic rings. The molecule has 0 bridgehead atoms. The lowest BCUT2D eigenvalue weighted by Crippen LogP contribution is -2.24. The minimum atomic E-state index is -0.105. The van der Waals surface area contributed by atoms with Crippen molar-refractivity contribution in [2.45, 2.75) is 6.42 Å². The van der Waals surface area contributed by atoms with Crippen LogP contribution in [0.2, 0.25) is 0 Å². The van der Waals surface area contributed by atoms with Crippen LogP contribution in [-0.4, -0.2) is 22.8 Å². The Morgan fingerprint density at radius 3 is 2.71 bits per heavy atom. The van der Waals surface area contributed by atoms with Crippen LogP contribution in [0, 0.1) is 0 Å². The monoisotopic (exact) mass is 228 g/mol. The Bertz CT molecular complexity index is 627. The van der Waals surface area contributed by atoms with E-state index in [0.29, 0.717) is 0 Å². The molecule has 0 spiro atoms. The van der Waals surface area contributed by atoms with Gasteiger partial charge in [0.25, 0.3) is 0 Å². The number of Topliss-reactive ketones (excluding diaryl/α,β-unsaturated/α-hetero) is 1. The predicted octanol–water partition coefficient (Wildman–Crippen LogP) is 1.48. The van der Waals surface area contributed by atoms with Gasteiger partial charge in [-0.15, -0.1) is 0 Å². The largest absolute Gasteiger partial charge is 0.350 e. The molecule has 4 nitrogen and oxygen atoms in total. The van der Waals surface area contributed by atoms with Crippen molar-refractivity contribution < 1.29 is 9.59 Å². The second kappa shape index (κ2) is 3.45. The maximum Gasteiger partial charge on any atom is 0.234 e. The molecule has 2 heterocycles. The third-order valence-corrected chi connectivity index (χ3v) is 3.18. The molecule has 0 unspecified atom stereocenters. The molecule has 0 saturated carbocycles. The van der Waals surface area contributed by atoms with Gasteiger partial charge in [0.05, 0.1) is 18.7 Å². The smallest absolute Gasteiger partial charge is 0.234 e. The summed E-state index contributed by atoms with van der Waals surface area (Å²) in [7, 11) is 1.96. The second-order valence-corrected chi connectivity index (χ2v) is 4.33. The number of carbonyl (C=O) groups is 2. The van der Waals surface area contributed by atoms with Gasteiger partial charge in [0.2, 0.25) is 5.91 Å². The first-order valence-electron chi connectivity index (χ1n) is 5.53. The van der Waals surface area contributed by atoms with Crippen LogP contribution in [-0.2, 0) is 16.6 Å². The lowest BCUT2D eigenvalue weighted by Gasteiger charge is -2.15. The number of carbonyl (C=O) groups excluding carboxylic acids is 2. The molecule has 1 aliphatic heterocycles. The Morgan fingerprint density at radius 2 is 2.00 bits per heavy atom. The molecule has 1 fully saturated rings. The van der Waals surface area contributed by atoms with Crippen LogP contribution in [0.1, 0.15) is 6.42 Å². The minimum absolute atomic E-state index is 0.0112. The molecule has 4 heteroatoms. The number of aromatic nitrogens is 1. The first-order chi connectivity index (χ1) is 8.16. The van der Waals surface area contributed by atoms with Crippen LogP contribution in [0.3, 0.4) is 0 Å². The van der Waals surface area contributed by atoms with Crippen molar-refractivity contribution in [3.63, 3.8) is 0 Å². The fraction of sp³-hybridized carbons (Fsp3) is 0.231. The fourth-order valence-electron chi connectivity index (χ4n) is 2.33. The molecule has 3 rings (SSSR count). The molecule has 1 aromatic carbocycles. The summed E-state index contributed by atoms with van der Waals surface area (Å²) < 4.78 is 2.00. The zero-order valence-corrected chi connectivity index (χ0v) is 9.51. The standard InChI is InChI=1S/C13H12N2O2/c1-14-6-5-10-11(14)3-2-4-12(10)15-8-9(16)7-13(15)17/h2-6H,7-8H2,1H3. The predicted molar refractivity (Wildman–Crippen MR) is 64.9 cm³/mol. The van der Waals surface area contributed by atoms with Gasteiger partial charge in [-0.1, -0.05) is 6.07 Å². The molecule has 1 amide bonds. The number of hydrogen-bond donors (Lipinski definition) is 0. The third kappa shape index (κ3) is 1.45. The van der Waals surface area contributed by atoms with Crippen LogP contribution < -0.4 is 4.90 Å². The lowest BCUT2D eigenvalue weighted by atomic mass is 10.2. The van der Waals surface area contributed by atoms with E-state index in [0.717, 1.165) is 16.6 Å². The maximum absolute atomic E-state index is 11.7. The Hall–Kier alpha value is -2.10. The van der Waals surface area contributed by atoms with E-state index >= 15 is 0 Å². The first kappa shape index (κ1) is 10.1. The number of amides is 1. The van der Waals surface area contributed by atoms with Crippen LogP contribution in [0.5, 0.6) is 0 Å². The van der Waals surface area contributed by atoms with Gasteiger partial charge in [0.1, 0.15) is 0 Å². The third-order valence-electron chi connectivity index (χ3n) is 3.18. The lowest BCUT2D eigenvalue weighted by molar-refractivity contribution is -0.121. The molecule has 1 aromatic heterocycles. The number of anilines is 1. The summed E-state index contributed by atoms with van der Waals surface area (Å²) in [5.74, 6) is -0.116.